The number of halogens is 1. The third kappa shape index (κ3) is 4.07. The van der Waals surface area contributed by atoms with Crippen molar-refractivity contribution in [2.75, 3.05) is 9.80 Å². The summed E-state index contributed by atoms with van der Waals surface area (Å²) in [5.41, 5.74) is 4.04. The lowest BCUT2D eigenvalue weighted by molar-refractivity contribution is -0.126. The molecule has 4 aliphatic rings. The average molecular weight is 593 g/mol. The van der Waals surface area contributed by atoms with Crippen LogP contribution in [-0.4, -0.2) is 28.7 Å². The molecule has 7 nitrogen and oxygen atoms in total. The third-order valence-corrected chi connectivity index (χ3v) is 10.2. The molecule has 0 bridgehead atoms. The molecular weight excluding hydrogens is 559 g/mol. The smallest absolute Gasteiger partial charge is 0.238 e. The molecule has 7 rings (SSSR count). The molecule has 2 aliphatic carbocycles. The van der Waals surface area contributed by atoms with E-state index in [1.807, 2.05) is 44.2 Å². The van der Waals surface area contributed by atoms with Gasteiger partial charge in [0.25, 0.3) is 0 Å². The van der Waals surface area contributed by atoms with Gasteiger partial charge in [0, 0.05) is 11.5 Å². The van der Waals surface area contributed by atoms with Gasteiger partial charge in [-0.05, 0) is 73.1 Å². The maximum atomic E-state index is 14.8. The van der Waals surface area contributed by atoms with E-state index < -0.39 is 53.0 Å². The standard InChI is InChI=1S/C36H33FN2O5/c1-3-19-8-12-21(13-9-19)38-33(41)25-17-16-23-26(30(25)35(38)43)18-27-31(29(23)24-6-5-7-28(37)32(24)40)36(44)39(34(27)42)22-14-10-20(4-2)11-15-22/h5-16,25-27,29-31,40H,3-4,17-18H2,1-2H3/t25-,26+,27+,29+,30-,31+/m0/s1. The number of para-hydroxylation sites is 1. The number of benzene rings is 3. The van der Waals surface area contributed by atoms with Crippen molar-refractivity contribution in [3.8, 4) is 5.75 Å². The molecule has 0 spiro atoms. The van der Waals surface area contributed by atoms with Gasteiger partial charge in [0.05, 0.1) is 35.0 Å². The van der Waals surface area contributed by atoms with Crippen molar-refractivity contribution >= 4 is 35.0 Å². The minimum absolute atomic E-state index is 0.208. The van der Waals surface area contributed by atoms with Crippen molar-refractivity contribution < 1.29 is 28.7 Å². The van der Waals surface area contributed by atoms with E-state index in [2.05, 4.69) is 0 Å². The zero-order valence-corrected chi connectivity index (χ0v) is 24.6. The van der Waals surface area contributed by atoms with Gasteiger partial charge in [-0.3, -0.25) is 29.0 Å². The van der Waals surface area contributed by atoms with Crippen molar-refractivity contribution in [2.45, 2.75) is 45.4 Å². The lowest BCUT2D eigenvalue weighted by atomic mass is 9.57. The molecule has 3 aromatic carbocycles. The summed E-state index contributed by atoms with van der Waals surface area (Å²) in [5.74, 6) is -7.17. The Morgan fingerprint density at radius 3 is 1.82 bits per heavy atom. The summed E-state index contributed by atoms with van der Waals surface area (Å²) in [7, 11) is 0. The average Bonchev–Trinajstić information content (AvgIpc) is 3.45. The van der Waals surface area contributed by atoms with Crippen LogP contribution in [0.2, 0.25) is 0 Å². The van der Waals surface area contributed by atoms with Gasteiger partial charge in [-0.25, -0.2) is 4.39 Å². The molecule has 3 fully saturated rings. The fraction of sp³-hybridized carbons (Fsp3) is 0.333. The molecule has 2 heterocycles. The van der Waals surface area contributed by atoms with E-state index in [1.165, 1.54) is 15.9 Å². The zero-order chi connectivity index (χ0) is 30.9. The number of carbonyl (C=O) groups excluding carboxylic acids is 4. The molecule has 1 N–H and O–H groups in total. The SMILES string of the molecule is CCc1ccc(N2C(=O)[C@H]3[C@H](CC=C4[C@H]3C[C@H]3C(=O)N(c5ccc(CC)cc5)C(=O)[C@H]3[C@H]4c3cccc(F)c3O)C2=O)cc1. The molecule has 0 radical (unpaired) electrons. The first kappa shape index (κ1) is 28.2. The number of nitrogens with zero attached hydrogens (tertiary/aromatic N) is 2. The number of rotatable bonds is 5. The van der Waals surface area contributed by atoms with Crippen LogP contribution in [0.25, 0.3) is 0 Å². The van der Waals surface area contributed by atoms with Crippen LogP contribution in [0.1, 0.15) is 49.3 Å². The lowest BCUT2D eigenvalue weighted by Gasteiger charge is -2.44. The van der Waals surface area contributed by atoms with Crippen LogP contribution in [0.4, 0.5) is 15.8 Å². The molecule has 6 atom stereocenters. The van der Waals surface area contributed by atoms with E-state index in [9.17, 15) is 28.7 Å². The number of hydrogen-bond donors (Lipinski definition) is 1. The maximum absolute atomic E-state index is 14.8. The molecule has 1 saturated carbocycles. The molecule has 2 aliphatic heterocycles. The number of anilines is 2. The van der Waals surface area contributed by atoms with Crippen molar-refractivity contribution in [2.24, 2.45) is 29.6 Å². The Morgan fingerprint density at radius 2 is 1.25 bits per heavy atom. The predicted molar refractivity (Wildman–Crippen MR) is 162 cm³/mol. The van der Waals surface area contributed by atoms with E-state index in [-0.39, 0.29) is 36.1 Å². The highest BCUT2D eigenvalue weighted by atomic mass is 19.1. The highest BCUT2D eigenvalue weighted by Gasteiger charge is 2.62. The number of hydrogen-bond acceptors (Lipinski definition) is 5. The first-order valence-corrected chi connectivity index (χ1v) is 15.4. The highest BCUT2D eigenvalue weighted by molar-refractivity contribution is 6.24. The van der Waals surface area contributed by atoms with Crippen molar-refractivity contribution in [1.82, 2.24) is 0 Å². The number of phenols is 1. The molecular formula is C36H33FN2O5. The molecule has 8 heteroatoms. The van der Waals surface area contributed by atoms with Gasteiger partial charge in [0.2, 0.25) is 23.6 Å². The normalized spacial score (nSPS) is 27.8. The number of amides is 4. The maximum Gasteiger partial charge on any atom is 0.238 e. The van der Waals surface area contributed by atoms with Crippen molar-refractivity contribution in [3.63, 3.8) is 0 Å². The fourth-order valence-corrected chi connectivity index (χ4v) is 7.99. The quantitative estimate of drug-likeness (QED) is 0.303. The van der Waals surface area contributed by atoms with Gasteiger partial charge in [-0.15, -0.1) is 0 Å². The van der Waals surface area contributed by atoms with Gasteiger partial charge in [0.1, 0.15) is 0 Å². The van der Waals surface area contributed by atoms with Crippen molar-refractivity contribution in [1.29, 1.82) is 0 Å². The highest BCUT2D eigenvalue weighted by Crippen LogP contribution is 2.59. The first-order valence-electron chi connectivity index (χ1n) is 15.4. The molecule has 0 aromatic heterocycles. The monoisotopic (exact) mass is 592 g/mol. The predicted octanol–water partition coefficient (Wildman–Crippen LogP) is 5.70. The van der Waals surface area contributed by atoms with Crippen molar-refractivity contribution in [3.05, 3.63) is 101 Å². The Hall–Kier alpha value is -4.59. The van der Waals surface area contributed by atoms with Gasteiger partial charge in [-0.1, -0.05) is 61.9 Å². The van der Waals surface area contributed by atoms with E-state index in [1.54, 1.807) is 30.3 Å². The van der Waals surface area contributed by atoms with Crippen LogP contribution >= 0.6 is 0 Å². The zero-order valence-electron chi connectivity index (χ0n) is 24.6. The van der Waals surface area contributed by atoms with Gasteiger partial charge >= 0.3 is 0 Å². The lowest BCUT2D eigenvalue weighted by Crippen LogP contribution is -2.43. The van der Waals surface area contributed by atoms with E-state index >= 15 is 0 Å². The number of aryl methyl sites for hydroxylation is 2. The summed E-state index contributed by atoms with van der Waals surface area (Å²) >= 11 is 0. The number of phenolic OH excluding ortho intramolecular Hbond substituents is 1. The Kier molecular flexibility index (Phi) is 6.76. The second kappa shape index (κ2) is 10.5. The molecule has 0 unspecified atom stereocenters. The molecule has 2 saturated heterocycles. The Bertz CT molecular complexity index is 1730. The van der Waals surface area contributed by atoms with Crippen LogP contribution in [0.3, 0.4) is 0 Å². The molecule has 3 aromatic rings. The van der Waals surface area contributed by atoms with Crippen LogP contribution in [0.5, 0.6) is 5.75 Å². The van der Waals surface area contributed by atoms with Gasteiger partial charge in [-0.2, -0.15) is 0 Å². The van der Waals surface area contributed by atoms with E-state index in [0.29, 0.717) is 16.9 Å². The van der Waals surface area contributed by atoms with Gasteiger partial charge < -0.3 is 5.11 Å². The van der Waals surface area contributed by atoms with Gasteiger partial charge in [0.15, 0.2) is 11.6 Å². The van der Waals surface area contributed by atoms with E-state index in [4.69, 9.17) is 0 Å². The topological polar surface area (TPSA) is 95.0 Å². The molecule has 4 amide bonds. The minimum atomic E-state index is -0.884. The number of aromatic hydroxyl groups is 1. The molecule has 224 valence electrons. The number of carbonyl (C=O) groups is 4. The van der Waals surface area contributed by atoms with Crippen LogP contribution in [0, 0.1) is 35.4 Å². The summed E-state index contributed by atoms with van der Waals surface area (Å²) in [6, 6.07) is 18.8. The van der Waals surface area contributed by atoms with Crippen LogP contribution < -0.4 is 9.80 Å². The Morgan fingerprint density at radius 1 is 0.705 bits per heavy atom. The first-order chi connectivity index (χ1) is 21.2. The number of allylic oxidation sites excluding steroid dienone is 2. The second-order valence-electron chi connectivity index (χ2n) is 12.3. The largest absolute Gasteiger partial charge is 0.505 e. The summed E-state index contributed by atoms with van der Waals surface area (Å²) in [4.78, 5) is 58.5. The third-order valence-electron chi connectivity index (χ3n) is 10.2. The Labute approximate surface area is 255 Å². The summed E-state index contributed by atoms with van der Waals surface area (Å²) < 4.78 is 14.8. The number of fused-ring (bicyclic) bond motifs is 4. The summed E-state index contributed by atoms with van der Waals surface area (Å²) in [6.45, 7) is 4.05. The summed E-state index contributed by atoms with van der Waals surface area (Å²) in [5, 5.41) is 10.9. The Balaban J connectivity index is 1.32. The van der Waals surface area contributed by atoms with Crippen LogP contribution in [-0.2, 0) is 32.0 Å². The molecule has 44 heavy (non-hydrogen) atoms. The van der Waals surface area contributed by atoms with E-state index in [0.717, 1.165) is 30.0 Å². The van der Waals surface area contributed by atoms with Crippen LogP contribution in [0.15, 0.2) is 78.4 Å². The number of imide groups is 2. The summed E-state index contributed by atoms with van der Waals surface area (Å²) in [6.07, 6.45) is 4.01. The minimum Gasteiger partial charge on any atom is -0.505 e. The fourth-order valence-electron chi connectivity index (χ4n) is 7.99. The second-order valence-corrected chi connectivity index (χ2v) is 12.3.